The Hall–Kier alpha value is -2.54. The van der Waals surface area contributed by atoms with Crippen LogP contribution in [0.2, 0.25) is 0 Å². The lowest BCUT2D eigenvalue weighted by atomic mass is 9.75. The van der Waals surface area contributed by atoms with E-state index in [-0.39, 0.29) is 11.2 Å². The molecule has 1 aliphatic heterocycles. The maximum Gasteiger partial charge on any atom is 0.173 e. The molecule has 1 aliphatic carbocycles. The number of rotatable bonds is 4. The SMILES string of the molecule is CC1(C)CC(=O)c2sc(N3CCOCC3)c(-c3ccnc(-c4cccc(CN)c4)c3)c2C1. The number of thiophene rings is 1. The normalized spacial score (nSPS) is 18.0. The van der Waals surface area contributed by atoms with Crippen LogP contribution in [0.1, 0.15) is 41.1 Å². The summed E-state index contributed by atoms with van der Waals surface area (Å²) in [6.07, 6.45) is 3.39. The van der Waals surface area contributed by atoms with Crippen LogP contribution in [0.4, 0.5) is 5.00 Å². The number of fused-ring (bicyclic) bond motifs is 1. The van der Waals surface area contributed by atoms with E-state index in [2.05, 4.69) is 48.0 Å². The van der Waals surface area contributed by atoms with Crippen LogP contribution in [-0.2, 0) is 17.7 Å². The molecule has 2 N–H and O–H groups in total. The molecule has 0 radical (unpaired) electrons. The number of nitrogens with zero attached hydrogens (tertiary/aromatic N) is 2. The number of nitrogens with two attached hydrogens (primary N) is 1. The van der Waals surface area contributed by atoms with Crippen LogP contribution in [0.15, 0.2) is 42.6 Å². The molecule has 5 nitrogen and oxygen atoms in total. The van der Waals surface area contributed by atoms with Crippen molar-refractivity contribution in [1.82, 2.24) is 4.98 Å². The lowest BCUT2D eigenvalue weighted by Crippen LogP contribution is -2.36. The standard InChI is InChI=1S/C26H29N3O2S/c1-26(2)14-20-23(25(29-8-10-31-11-9-29)32-24(20)22(30)15-26)19-6-7-28-21(13-19)18-5-3-4-17(12-18)16-27/h3-7,12-13H,8-11,14-16,27H2,1-2H3. The van der Waals surface area contributed by atoms with Crippen LogP contribution in [0.3, 0.4) is 0 Å². The van der Waals surface area contributed by atoms with E-state index in [1.54, 1.807) is 11.3 Å². The predicted molar refractivity (Wildman–Crippen MR) is 130 cm³/mol. The molecule has 2 aliphatic rings. The average molecular weight is 448 g/mol. The van der Waals surface area contributed by atoms with E-state index in [0.717, 1.165) is 60.0 Å². The van der Waals surface area contributed by atoms with Crippen LogP contribution in [-0.4, -0.2) is 37.1 Å². The number of carbonyl (C=O) groups is 1. The number of Topliss-reactive ketones (excluding diaryl/α,β-unsaturated/α-hetero) is 1. The van der Waals surface area contributed by atoms with Crippen molar-refractivity contribution in [2.75, 3.05) is 31.2 Å². The third-order valence-electron chi connectivity index (χ3n) is 6.34. The summed E-state index contributed by atoms with van der Waals surface area (Å²) in [6, 6.07) is 12.5. The van der Waals surface area contributed by atoms with Gasteiger partial charge >= 0.3 is 0 Å². The molecule has 1 fully saturated rings. The van der Waals surface area contributed by atoms with Crippen molar-refractivity contribution in [2.45, 2.75) is 33.2 Å². The molecule has 0 bridgehead atoms. The number of hydrogen-bond donors (Lipinski definition) is 1. The first-order chi connectivity index (χ1) is 15.4. The minimum atomic E-state index is -0.0342. The number of benzene rings is 1. The van der Waals surface area contributed by atoms with Gasteiger partial charge in [-0.1, -0.05) is 32.0 Å². The molecule has 32 heavy (non-hydrogen) atoms. The Labute approximate surface area is 193 Å². The fourth-order valence-corrected chi connectivity index (χ4v) is 6.12. The number of ether oxygens (including phenoxy) is 1. The van der Waals surface area contributed by atoms with Crippen LogP contribution in [0, 0.1) is 5.41 Å². The van der Waals surface area contributed by atoms with E-state index in [1.165, 1.54) is 16.1 Å². The molecule has 3 heterocycles. The Bertz CT molecular complexity index is 1160. The quantitative estimate of drug-likeness (QED) is 0.614. The van der Waals surface area contributed by atoms with Gasteiger partial charge in [-0.2, -0.15) is 0 Å². The molecule has 5 rings (SSSR count). The lowest BCUT2D eigenvalue weighted by Gasteiger charge is -2.30. The van der Waals surface area contributed by atoms with Crippen molar-refractivity contribution in [2.24, 2.45) is 11.1 Å². The van der Waals surface area contributed by atoms with Crippen molar-refractivity contribution >= 4 is 22.1 Å². The zero-order chi connectivity index (χ0) is 22.3. The number of carbonyl (C=O) groups excluding carboxylic acids is 1. The average Bonchev–Trinajstić information content (AvgIpc) is 3.18. The third kappa shape index (κ3) is 3.98. The summed E-state index contributed by atoms with van der Waals surface area (Å²) in [5.41, 5.74) is 12.4. The van der Waals surface area contributed by atoms with Gasteiger partial charge in [0.2, 0.25) is 0 Å². The van der Waals surface area contributed by atoms with Crippen molar-refractivity contribution < 1.29 is 9.53 Å². The summed E-state index contributed by atoms with van der Waals surface area (Å²) in [6.45, 7) is 8.02. The van der Waals surface area contributed by atoms with Crippen LogP contribution in [0.5, 0.6) is 0 Å². The van der Waals surface area contributed by atoms with Gasteiger partial charge in [-0.3, -0.25) is 9.78 Å². The van der Waals surface area contributed by atoms with Crippen molar-refractivity contribution in [3.05, 3.63) is 58.6 Å². The molecular formula is C26H29N3O2S. The molecule has 166 valence electrons. The second-order valence-corrected chi connectivity index (χ2v) is 10.5. The second-order valence-electron chi connectivity index (χ2n) is 9.46. The molecule has 0 spiro atoms. The van der Waals surface area contributed by atoms with Crippen LogP contribution >= 0.6 is 11.3 Å². The number of hydrogen-bond acceptors (Lipinski definition) is 6. The Kier molecular flexibility index (Phi) is 5.61. The van der Waals surface area contributed by atoms with Gasteiger partial charge < -0.3 is 15.4 Å². The summed E-state index contributed by atoms with van der Waals surface area (Å²) in [4.78, 5) is 21.1. The third-order valence-corrected chi connectivity index (χ3v) is 7.68. The van der Waals surface area contributed by atoms with Gasteiger partial charge in [0.25, 0.3) is 0 Å². The van der Waals surface area contributed by atoms with E-state index in [9.17, 15) is 4.79 Å². The summed E-state index contributed by atoms with van der Waals surface area (Å²) < 4.78 is 5.60. The van der Waals surface area contributed by atoms with E-state index >= 15 is 0 Å². The maximum atomic E-state index is 13.1. The Balaban J connectivity index is 1.66. The van der Waals surface area contributed by atoms with Crippen molar-refractivity contribution in [1.29, 1.82) is 0 Å². The van der Waals surface area contributed by atoms with Gasteiger partial charge in [0, 0.05) is 43.4 Å². The predicted octanol–water partition coefficient (Wildman–Crippen LogP) is 4.93. The molecule has 1 aromatic carbocycles. The highest BCUT2D eigenvalue weighted by Crippen LogP contribution is 2.49. The molecule has 0 saturated carbocycles. The number of morpholine rings is 1. The molecule has 2 aromatic heterocycles. The fourth-order valence-electron chi connectivity index (χ4n) is 4.79. The highest BCUT2D eigenvalue weighted by molar-refractivity contribution is 7.19. The molecule has 1 saturated heterocycles. The number of anilines is 1. The molecule has 0 atom stereocenters. The molecule has 0 amide bonds. The Morgan fingerprint density at radius 3 is 2.72 bits per heavy atom. The van der Waals surface area contributed by atoms with Gasteiger partial charge in [-0.05, 0) is 46.7 Å². The smallest absolute Gasteiger partial charge is 0.173 e. The Morgan fingerprint density at radius 1 is 1.12 bits per heavy atom. The van der Waals surface area contributed by atoms with Crippen LogP contribution < -0.4 is 10.6 Å². The number of ketones is 1. The second kappa shape index (κ2) is 8.43. The van der Waals surface area contributed by atoms with E-state index < -0.39 is 0 Å². The highest BCUT2D eigenvalue weighted by atomic mass is 32.1. The summed E-state index contributed by atoms with van der Waals surface area (Å²) in [5, 5.41) is 1.19. The number of pyridine rings is 1. The first-order valence-electron chi connectivity index (χ1n) is 11.2. The first kappa shape index (κ1) is 21.3. The zero-order valence-electron chi connectivity index (χ0n) is 18.7. The van der Waals surface area contributed by atoms with Gasteiger partial charge in [-0.25, -0.2) is 0 Å². The fraction of sp³-hybridized carbons (Fsp3) is 0.385. The Morgan fingerprint density at radius 2 is 1.94 bits per heavy atom. The zero-order valence-corrected chi connectivity index (χ0v) is 19.5. The van der Waals surface area contributed by atoms with Crippen molar-refractivity contribution in [3.8, 4) is 22.4 Å². The van der Waals surface area contributed by atoms with E-state index in [4.69, 9.17) is 10.5 Å². The van der Waals surface area contributed by atoms with Crippen LogP contribution in [0.25, 0.3) is 22.4 Å². The summed E-state index contributed by atoms with van der Waals surface area (Å²) >= 11 is 1.66. The van der Waals surface area contributed by atoms with Gasteiger partial charge in [0.05, 0.1) is 28.8 Å². The largest absolute Gasteiger partial charge is 0.378 e. The number of aromatic nitrogens is 1. The summed E-state index contributed by atoms with van der Waals surface area (Å²) in [5.74, 6) is 0.270. The van der Waals surface area contributed by atoms with Gasteiger partial charge in [0.15, 0.2) is 5.78 Å². The van der Waals surface area contributed by atoms with E-state index in [1.807, 2.05) is 18.3 Å². The maximum absolute atomic E-state index is 13.1. The molecular weight excluding hydrogens is 418 g/mol. The lowest BCUT2D eigenvalue weighted by molar-refractivity contribution is 0.0918. The summed E-state index contributed by atoms with van der Waals surface area (Å²) in [7, 11) is 0. The highest BCUT2D eigenvalue weighted by Gasteiger charge is 2.37. The molecule has 6 heteroatoms. The monoisotopic (exact) mass is 447 g/mol. The topological polar surface area (TPSA) is 68.5 Å². The van der Waals surface area contributed by atoms with Gasteiger partial charge in [0.1, 0.15) is 0 Å². The molecule has 0 unspecified atom stereocenters. The minimum Gasteiger partial charge on any atom is -0.378 e. The van der Waals surface area contributed by atoms with Gasteiger partial charge in [-0.15, -0.1) is 11.3 Å². The first-order valence-corrected chi connectivity index (χ1v) is 12.0. The molecule has 3 aromatic rings. The van der Waals surface area contributed by atoms with Crippen molar-refractivity contribution in [3.63, 3.8) is 0 Å². The minimum absolute atomic E-state index is 0.0342. The van der Waals surface area contributed by atoms with E-state index in [0.29, 0.717) is 13.0 Å².